The maximum atomic E-state index is 13.3. The number of nitrogens with zero attached hydrogens (tertiary/aromatic N) is 7. The minimum Gasteiger partial charge on any atom is -0.351 e. The molecule has 9 N–H and O–H groups in total. The number of nitrogens with two attached hydrogens (primary N) is 1. The summed E-state index contributed by atoms with van der Waals surface area (Å²) in [6.07, 6.45) is 12.2. The number of hydrogen-bond acceptors (Lipinski definition) is 9. The Morgan fingerprint density at radius 3 is 1.17 bits per heavy atom. The monoisotopic (exact) mass is 877 g/mol. The molecule has 0 aliphatic carbocycles. The summed E-state index contributed by atoms with van der Waals surface area (Å²) in [6, 6.07) is 7.67. The molecule has 0 fully saturated rings. The van der Waals surface area contributed by atoms with Crippen LogP contribution in [0.25, 0.3) is 0 Å². The van der Waals surface area contributed by atoms with Crippen molar-refractivity contribution >= 4 is 69.8 Å². The number of carbonyl (C=O) groups is 7. The largest absolute Gasteiger partial charge is 0.351 e. The second-order valence-corrected chi connectivity index (χ2v) is 15.1. The van der Waals surface area contributed by atoms with Crippen LogP contribution in [0, 0.1) is 0 Å². The predicted molar refractivity (Wildman–Crippen MR) is 238 cm³/mol. The Hall–Kier alpha value is -8.14. The van der Waals surface area contributed by atoms with E-state index in [1.165, 1.54) is 30.5 Å². The van der Waals surface area contributed by atoms with E-state index in [1.807, 2.05) is 0 Å². The summed E-state index contributed by atoms with van der Waals surface area (Å²) in [5, 5.41) is 19.4. The van der Waals surface area contributed by atoms with Crippen molar-refractivity contribution in [3.05, 3.63) is 108 Å². The van der Waals surface area contributed by atoms with E-state index in [0.717, 1.165) is 0 Å². The SMILES string of the molecule is Cn1cc(NC(=O)c2cc(NC(=O)c3cc(NC(=O)CCCNC(=O)c4cc(NC(=O)c5cc(NC(=O)c6nccn6C)cn5C)cn4C)cn3C)cn2C)cc1C(=O)NCCCN. The summed E-state index contributed by atoms with van der Waals surface area (Å²) >= 11 is 0. The maximum absolute atomic E-state index is 13.3. The molecule has 22 nitrogen and oxygen atoms in total. The molecule has 0 unspecified atom stereocenters. The number of imidazole rings is 1. The summed E-state index contributed by atoms with van der Waals surface area (Å²) in [5.41, 5.74) is 8.88. The first kappa shape index (κ1) is 45.4. The highest BCUT2D eigenvalue weighted by atomic mass is 16.2. The van der Waals surface area contributed by atoms with Gasteiger partial charge in [0.05, 0.1) is 28.4 Å². The molecule has 0 radical (unpaired) electrons. The number of aromatic nitrogens is 7. The third kappa shape index (κ3) is 10.8. The van der Waals surface area contributed by atoms with Gasteiger partial charge in [0.15, 0.2) is 5.82 Å². The first-order valence-electron chi connectivity index (χ1n) is 20.1. The second-order valence-electron chi connectivity index (χ2n) is 15.1. The molecule has 7 amide bonds. The standard InChI is InChI=1S/C42H51N15O7/c1-52-14-13-44-36(52)42(64)51-29-19-34(57(6)24-29)41(63)49-26-16-30(53(2)21-26)37(59)45-11-7-9-35(58)47-25-15-32(55(4)20-25)39(61)50-28-18-33(56(5)23-28)40(62)48-27-17-31(54(3)22-27)38(60)46-12-8-10-43/h13-24H,7-12,43H2,1-6H3,(H,45,59)(H,46,60)(H,47,58)(H,48,62)(H,49,63)(H,50,61)(H,51,64). The van der Waals surface area contributed by atoms with Crippen molar-refractivity contribution in [1.29, 1.82) is 0 Å². The lowest BCUT2D eigenvalue weighted by atomic mass is 10.2. The van der Waals surface area contributed by atoms with Gasteiger partial charge in [0.2, 0.25) is 5.91 Å². The normalized spacial score (nSPS) is 10.9. The summed E-state index contributed by atoms with van der Waals surface area (Å²) in [5.74, 6) is -2.61. The lowest BCUT2D eigenvalue weighted by molar-refractivity contribution is -0.116. The third-order valence-corrected chi connectivity index (χ3v) is 10.1. The Morgan fingerprint density at radius 1 is 0.469 bits per heavy atom. The van der Waals surface area contributed by atoms with Crippen molar-refractivity contribution < 1.29 is 33.6 Å². The van der Waals surface area contributed by atoms with E-state index in [-0.39, 0.29) is 53.4 Å². The van der Waals surface area contributed by atoms with Gasteiger partial charge in [0, 0.05) is 105 Å². The highest BCUT2D eigenvalue weighted by Crippen LogP contribution is 2.21. The molecule has 0 aliphatic rings. The van der Waals surface area contributed by atoms with Gasteiger partial charge in [-0.1, -0.05) is 0 Å². The average molecular weight is 878 g/mol. The zero-order valence-corrected chi connectivity index (χ0v) is 36.2. The molecule has 6 rings (SSSR count). The smallest absolute Gasteiger partial charge is 0.291 e. The number of amides is 7. The van der Waals surface area contributed by atoms with Gasteiger partial charge in [0.25, 0.3) is 35.4 Å². The Morgan fingerprint density at radius 2 is 0.812 bits per heavy atom. The lowest BCUT2D eigenvalue weighted by Gasteiger charge is -2.06. The summed E-state index contributed by atoms with van der Waals surface area (Å²) < 4.78 is 9.43. The fourth-order valence-corrected chi connectivity index (χ4v) is 6.81. The van der Waals surface area contributed by atoms with Gasteiger partial charge in [-0.15, -0.1) is 0 Å². The molecule has 0 saturated heterocycles. The van der Waals surface area contributed by atoms with E-state index >= 15 is 0 Å². The van der Waals surface area contributed by atoms with Crippen LogP contribution in [-0.2, 0) is 47.1 Å². The molecule has 0 aromatic carbocycles. The molecule has 0 spiro atoms. The molecule has 0 aliphatic heterocycles. The van der Waals surface area contributed by atoms with Crippen LogP contribution in [0.4, 0.5) is 28.4 Å². The van der Waals surface area contributed by atoms with E-state index in [1.54, 1.807) is 113 Å². The molecule has 0 saturated carbocycles. The van der Waals surface area contributed by atoms with Crippen molar-refractivity contribution in [3.8, 4) is 0 Å². The van der Waals surface area contributed by atoms with Crippen molar-refractivity contribution in [2.45, 2.75) is 19.3 Å². The number of aryl methyl sites for hydroxylation is 6. The van der Waals surface area contributed by atoms with Crippen molar-refractivity contribution in [3.63, 3.8) is 0 Å². The first-order valence-corrected chi connectivity index (χ1v) is 20.1. The molecular formula is C42H51N15O7. The molecule has 0 bridgehead atoms. The van der Waals surface area contributed by atoms with Gasteiger partial charge in [-0.25, -0.2) is 4.98 Å². The van der Waals surface area contributed by atoms with Crippen LogP contribution in [0.3, 0.4) is 0 Å². The number of anilines is 5. The van der Waals surface area contributed by atoms with E-state index < -0.39 is 29.5 Å². The van der Waals surface area contributed by atoms with E-state index in [9.17, 15) is 33.6 Å². The molecule has 336 valence electrons. The van der Waals surface area contributed by atoms with Crippen LogP contribution in [0.15, 0.2) is 73.7 Å². The van der Waals surface area contributed by atoms with Gasteiger partial charge >= 0.3 is 0 Å². The maximum Gasteiger partial charge on any atom is 0.291 e. The van der Waals surface area contributed by atoms with Gasteiger partial charge in [0.1, 0.15) is 28.5 Å². The zero-order chi connectivity index (χ0) is 46.2. The lowest BCUT2D eigenvalue weighted by Crippen LogP contribution is -2.27. The minimum atomic E-state index is -0.475. The molecule has 0 atom stereocenters. The fourth-order valence-electron chi connectivity index (χ4n) is 6.81. The molecule has 6 heterocycles. The van der Waals surface area contributed by atoms with Crippen molar-refractivity contribution in [1.82, 2.24) is 43.0 Å². The Kier molecular flexibility index (Phi) is 14.0. The van der Waals surface area contributed by atoms with Crippen LogP contribution >= 0.6 is 0 Å². The third-order valence-electron chi connectivity index (χ3n) is 10.1. The molecule has 64 heavy (non-hydrogen) atoms. The van der Waals surface area contributed by atoms with Crippen LogP contribution in [0.5, 0.6) is 0 Å². The zero-order valence-electron chi connectivity index (χ0n) is 36.2. The minimum absolute atomic E-state index is 0.0765. The fraction of sp³-hybridized carbons (Fsp3) is 0.286. The Labute approximate surface area is 367 Å². The van der Waals surface area contributed by atoms with Crippen LogP contribution in [-0.4, -0.2) is 93.4 Å². The van der Waals surface area contributed by atoms with E-state index in [2.05, 4.69) is 42.2 Å². The van der Waals surface area contributed by atoms with Crippen molar-refractivity contribution in [2.75, 3.05) is 46.2 Å². The van der Waals surface area contributed by atoms with Gasteiger partial charge < -0.3 is 70.4 Å². The van der Waals surface area contributed by atoms with Crippen LogP contribution in [0.2, 0.25) is 0 Å². The molecular weight excluding hydrogens is 827 g/mol. The van der Waals surface area contributed by atoms with E-state index in [0.29, 0.717) is 60.1 Å². The van der Waals surface area contributed by atoms with Gasteiger partial charge in [-0.2, -0.15) is 0 Å². The second kappa shape index (κ2) is 19.7. The first-order chi connectivity index (χ1) is 30.5. The number of hydrogen-bond donors (Lipinski definition) is 8. The molecule has 6 aromatic rings. The highest BCUT2D eigenvalue weighted by Gasteiger charge is 2.21. The number of carbonyl (C=O) groups excluding carboxylic acids is 7. The van der Waals surface area contributed by atoms with Crippen LogP contribution < -0.4 is 43.0 Å². The van der Waals surface area contributed by atoms with E-state index in [4.69, 9.17) is 5.73 Å². The topological polar surface area (TPSA) is 272 Å². The van der Waals surface area contributed by atoms with Crippen molar-refractivity contribution in [2.24, 2.45) is 48.0 Å². The van der Waals surface area contributed by atoms with Crippen LogP contribution in [0.1, 0.15) is 82.3 Å². The summed E-state index contributed by atoms with van der Waals surface area (Å²) in [7, 11) is 10.0. The molecule has 6 aromatic heterocycles. The Bertz CT molecular complexity index is 2740. The van der Waals surface area contributed by atoms with Gasteiger partial charge in [-0.3, -0.25) is 33.6 Å². The van der Waals surface area contributed by atoms with Gasteiger partial charge in [-0.05, 0) is 49.7 Å². The summed E-state index contributed by atoms with van der Waals surface area (Å²) in [6.45, 7) is 1.08. The Balaban J connectivity index is 0.939. The number of nitrogens with one attached hydrogen (secondary N) is 7. The average Bonchev–Trinajstić information content (AvgIpc) is 4.10. The summed E-state index contributed by atoms with van der Waals surface area (Å²) in [4.78, 5) is 94.4. The molecule has 22 heteroatoms. The number of rotatable bonds is 18. The predicted octanol–water partition coefficient (Wildman–Crippen LogP) is 2.35. The quantitative estimate of drug-likeness (QED) is 0.0588. The highest BCUT2D eigenvalue weighted by molar-refractivity contribution is 6.08.